The monoisotopic (exact) mass is 235 g/mol. The van der Waals surface area contributed by atoms with Gasteiger partial charge in [0.2, 0.25) is 11.9 Å². The Hall–Kier alpha value is -2.38. The van der Waals surface area contributed by atoms with Gasteiger partial charge in [-0.3, -0.25) is 4.79 Å². The van der Waals surface area contributed by atoms with Gasteiger partial charge < -0.3 is 21.8 Å². The Morgan fingerprint density at radius 3 is 3.06 bits per heavy atom. The van der Waals surface area contributed by atoms with Crippen molar-refractivity contribution in [3.05, 3.63) is 6.33 Å². The number of amides is 1. The van der Waals surface area contributed by atoms with Gasteiger partial charge in [0.05, 0.1) is 6.33 Å². The number of nitrogens with zero attached hydrogens (tertiary/aromatic N) is 3. The minimum atomic E-state index is -0.319. The Bertz CT molecular complexity index is 535. The summed E-state index contributed by atoms with van der Waals surface area (Å²) in [6.07, 6.45) is 2.49. The number of nitrogen functional groups attached to an aromatic ring is 1. The number of aromatic nitrogens is 4. The van der Waals surface area contributed by atoms with Crippen molar-refractivity contribution in [3.8, 4) is 0 Å². The summed E-state index contributed by atoms with van der Waals surface area (Å²) in [5, 5.41) is 3.06. The van der Waals surface area contributed by atoms with Crippen LogP contribution < -0.4 is 16.8 Å². The molecule has 0 aliphatic carbocycles. The second kappa shape index (κ2) is 4.64. The predicted octanol–water partition coefficient (Wildman–Crippen LogP) is -0.388. The summed E-state index contributed by atoms with van der Waals surface area (Å²) in [6.45, 7) is 0.577. The minimum absolute atomic E-state index is 0.155. The molecule has 0 fully saturated rings. The number of nitrogens with two attached hydrogens (primary N) is 2. The van der Waals surface area contributed by atoms with Gasteiger partial charge in [0, 0.05) is 13.0 Å². The Morgan fingerprint density at radius 2 is 2.29 bits per heavy atom. The van der Waals surface area contributed by atoms with E-state index in [0.717, 1.165) is 0 Å². The van der Waals surface area contributed by atoms with Crippen molar-refractivity contribution in [1.82, 2.24) is 19.9 Å². The molecule has 8 nitrogen and oxygen atoms in total. The van der Waals surface area contributed by atoms with E-state index in [4.69, 9.17) is 11.5 Å². The summed E-state index contributed by atoms with van der Waals surface area (Å²) in [5.41, 5.74) is 11.8. The highest BCUT2D eigenvalue weighted by Gasteiger charge is 2.07. The third-order valence-corrected chi connectivity index (χ3v) is 2.20. The SMILES string of the molecule is NC(=O)CCCNc1nc(N)nc2nc[nH]c12. The van der Waals surface area contributed by atoms with Gasteiger partial charge in [0.25, 0.3) is 0 Å². The second-order valence-electron chi connectivity index (χ2n) is 3.53. The van der Waals surface area contributed by atoms with Crippen LogP contribution in [0.3, 0.4) is 0 Å². The molecule has 0 saturated heterocycles. The van der Waals surface area contributed by atoms with Crippen LogP contribution in [0.5, 0.6) is 0 Å². The molecule has 90 valence electrons. The van der Waals surface area contributed by atoms with Crippen LogP contribution in [0.1, 0.15) is 12.8 Å². The van der Waals surface area contributed by atoms with Crippen LogP contribution in [0.25, 0.3) is 11.2 Å². The van der Waals surface area contributed by atoms with E-state index in [1.165, 1.54) is 6.33 Å². The lowest BCUT2D eigenvalue weighted by Gasteiger charge is -2.05. The highest BCUT2D eigenvalue weighted by atomic mass is 16.1. The molecule has 2 aromatic heterocycles. The largest absolute Gasteiger partial charge is 0.370 e. The lowest BCUT2D eigenvalue weighted by molar-refractivity contribution is -0.118. The van der Waals surface area contributed by atoms with Gasteiger partial charge in [-0.25, -0.2) is 4.98 Å². The van der Waals surface area contributed by atoms with Crippen molar-refractivity contribution in [3.63, 3.8) is 0 Å². The number of primary amides is 1. The summed E-state index contributed by atoms with van der Waals surface area (Å²) in [5.74, 6) is 0.414. The Labute approximate surface area is 96.8 Å². The quantitative estimate of drug-likeness (QED) is 0.521. The van der Waals surface area contributed by atoms with E-state index >= 15 is 0 Å². The predicted molar refractivity (Wildman–Crippen MR) is 63.0 cm³/mol. The fraction of sp³-hybridized carbons (Fsp3) is 0.333. The molecule has 1 amide bonds. The molecule has 2 heterocycles. The lowest BCUT2D eigenvalue weighted by atomic mass is 10.3. The molecule has 0 bridgehead atoms. The number of nitrogens with one attached hydrogen (secondary N) is 2. The minimum Gasteiger partial charge on any atom is -0.370 e. The molecule has 0 aliphatic heterocycles. The summed E-state index contributed by atoms with van der Waals surface area (Å²) in [6, 6.07) is 0. The molecule has 2 rings (SSSR count). The van der Waals surface area contributed by atoms with Gasteiger partial charge in [-0.15, -0.1) is 0 Å². The van der Waals surface area contributed by atoms with Gasteiger partial charge in [-0.05, 0) is 6.42 Å². The molecule has 0 aliphatic rings. The molecule has 0 aromatic carbocycles. The molecular weight excluding hydrogens is 222 g/mol. The van der Waals surface area contributed by atoms with Crippen molar-refractivity contribution in [2.75, 3.05) is 17.6 Å². The van der Waals surface area contributed by atoms with Gasteiger partial charge in [-0.1, -0.05) is 0 Å². The molecule has 0 unspecified atom stereocenters. The van der Waals surface area contributed by atoms with Crippen LogP contribution in [-0.4, -0.2) is 32.4 Å². The average molecular weight is 235 g/mol. The van der Waals surface area contributed by atoms with Gasteiger partial charge in [0.1, 0.15) is 5.52 Å². The Balaban J connectivity index is 2.07. The zero-order valence-electron chi connectivity index (χ0n) is 9.10. The summed E-state index contributed by atoms with van der Waals surface area (Å²) in [7, 11) is 0. The number of fused-ring (bicyclic) bond motifs is 1. The fourth-order valence-electron chi connectivity index (χ4n) is 1.45. The van der Waals surface area contributed by atoms with E-state index in [1.54, 1.807) is 0 Å². The first-order valence-corrected chi connectivity index (χ1v) is 5.15. The summed E-state index contributed by atoms with van der Waals surface area (Å²) >= 11 is 0. The standard InChI is InChI=1S/C9H13N7O/c10-5(17)2-1-3-12-7-6-8(14-4-13-6)16-9(11)15-7/h4H,1-3H2,(H2,10,17)(H4,11,12,13,14,15,16). The van der Waals surface area contributed by atoms with E-state index < -0.39 is 0 Å². The molecule has 0 atom stereocenters. The third-order valence-electron chi connectivity index (χ3n) is 2.20. The zero-order chi connectivity index (χ0) is 12.3. The number of hydrogen-bond acceptors (Lipinski definition) is 6. The highest BCUT2D eigenvalue weighted by molar-refractivity contribution is 5.83. The molecule has 0 spiro atoms. The molecule has 17 heavy (non-hydrogen) atoms. The second-order valence-corrected chi connectivity index (χ2v) is 3.53. The van der Waals surface area contributed by atoms with Crippen LogP contribution in [-0.2, 0) is 4.79 Å². The van der Waals surface area contributed by atoms with Crippen molar-refractivity contribution in [2.24, 2.45) is 5.73 Å². The van der Waals surface area contributed by atoms with Crippen molar-refractivity contribution in [1.29, 1.82) is 0 Å². The van der Waals surface area contributed by atoms with Crippen LogP contribution in [0.2, 0.25) is 0 Å². The Morgan fingerprint density at radius 1 is 1.47 bits per heavy atom. The van der Waals surface area contributed by atoms with Gasteiger partial charge >= 0.3 is 0 Å². The molecule has 0 radical (unpaired) electrons. The van der Waals surface area contributed by atoms with E-state index in [-0.39, 0.29) is 11.9 Å². The van der Waals surface area contributed by atoms with Gasteiger partial charge in [0.15, 0.2) is 11.5 Å². The summed E-state index contributed by atoms with van der Waals surface area (Å²) < 4.78 is 0. The van der Waals surface area contributed by atoms with E-state index in [0.29, 0.717) is 36.4 Å². The number of rotatable bonds is 5. The van der Waals surface area contributed by atoms with E-state index in [9.17, 15) is 4.79 Å². The van der Waals surface area contributed by atoms with Crippen molar-refractivity contribution < 1.29 is 4.79 Å². The number of hydrogen-bond donors (Lipinski definition) is 4. The van der Waals surface area contributed by atoms with Crippen LogP contribution in [0.15, 0.2) is 6.33 Å². The maximum atomic E-state index is 10.6. The number of aromatic amines is 1. The van der Waals surface area contributed by atoms with E-state index in [2.05, 4.69) is 25.3 Å². The zero-order valence-corrected chi connectivity index (χ0v) is 9.10. The fourth-order valence-corrected chi connectivity index (χ4v) is 1.45. The number of anilines is 2. The average Bonchev–Trinajstić information content (AvgIpc) is 2.71. The van der Waals surface area contributed by atoms with Crippen LogP contribution in [0, 0.1) is 0 Å². The molecule has 2 aromatic rings. The maximum absolute atomic E-state index is 10.6. The number of carbonyl (C=O) groups excluding carboxylic acids is 1. The lowest BCUT2D eigenvalue weighted by Crippen LogP contribution is -2.13. The molecule has 6 N–H and O–H groups in total. The number of imidazole rings is 1. The van der Waals surface area contributed by atoms with E-state index in [1.807, 2.05) is 0 Å². The van der Waals surface area contributed by atoms with Crippen molar-refractivity contribution in [2.45, 2.75) is 12.8 Å². The molecule has 8 heteroatoms. The maximum Gasteiger partial charge on any atom is 0.224 e. The molecular formula is C9H13N7O. The summed E-state index contributed by atoms with van der Waals surface area (Å²) in [4.78, 5) is 25.5. The van der Waals surface area contributed by atoms with Crippen LogP contribution >= 0.6 is 0 Å². The van der Waals surface area contributed by atoms with Crippen molar-refractivity contribution >= 4 is 28.8 Å². The number of carbonyl (C=O) groups is 1. The van der Waals surface area contributed by atoms with Gasteiger partial charge in [-0.2, -0.15) is 9.97 Å². The third kappa shape index (κ3) is 2.60. The Kier molecular flexibility index (Phi) is 3.03. The first-order chi connectivity index (χ1) is 8.16. The van der Waals surface area contributed by atoms with Crippen LogP contribution in [0.4, 0.5) is 11.8 Å². The number of H-pyrrole nitrogens is 1. The first-order valence-electron chi connectivity index (χ1n) is 5.15. The smallest absolute Gasteiger partial charge is 0.224 e. The molecule has 0 saturated carbocycles. The highest BCUT2D eigenvalue weighted by Crippen LogP contribution is 2.16. The normalized spacial score (nSPS) is 10.6. The topological polar surface area (TPSA) is 136 Å². The first kappa shape index (κ1) is 11.1.